The normalized spacial score (nSPS) is 12.8. The fourth-order valence-electron chi connectivity index (χ4n) is 3.18. The molecular weight excluding hydrogens is 328 g/mol. The first kappa shape index (κ1) is 19.7. The summed E-state index contributed by atoms with van der Waals surface area (Å²) in [5.41, 5.74) is 2.03. The standard InChI is InChI=1S/C22H26O4/c1-3-25-21(23)15-19(17-11-7-5-8-12-17)20(16-22(24)26-4-2)18-13-9-6-10-14-18/h5-14,19-20H,3-4,15-16H2,1-2H3/t19-,20+. The zero-order valence-corrected chi connectivity index (χ0v) is 15.4. The third-order valence-electron chi connectivity index (χ3n) is 4.32. The van der Waals surface area contributed by atoms with Crippen molar-refractivity contribution in [1.29, 1.82) is 0 Å². The van der Waals surface area contributed by atoms with Crippen LogP contribution in [0.15, 0.2) is 60.7 Å². The summed E-state index contributed by atoms with van der Waals surface area (Å²) in [6.07, 6.45) is 0.438. The van der Waals surface area contributed by atoms with Gasteiger partial charge in [0, 0.05) is 11.8 Å². The van der Waals surface area contributed by atoms with Crippen LogP contribution in [0.25, 0.3) is 0 Å². The van der Waals surface area contributed by atoms with Crippen LogP contribution < -0.4 is 0 Å². The van der Waals surface area contributed by atoms with Crippen LogP contribution in [-0.4, -0.2) is 25.2 Å². The molecule has 4 nitrogen and oxygen atoms in total. The van der Waals surface area contributed by atoms with Crippen LogP contribution in [0.4, 0.5) is 0 Å². The third-order valence-corrected chi connectivity index (χ3v) is 4.32. The Balaban J connectivity index is 2.39. The summed E-state index contributed by atoms with van der Waals surface area (Å²) in [6, 6.07) is 19.6. The van der Waals surface area contributed by atoms with Crippen molar-refractivity contribution in [2.75, 3.05) is 13.2 Å². The van der Waals surface area contributed by atoms with E-state index in [1.54, 1.807) is 13.8 Å². The minimum Gasteiger partial charge on any atom is -0.466 e. The SMILES string of the molecule is CCOC(=O)C[C@H](c1ccccc1)[C@@H](CC(=O)OCC)c1ccccc1. The van der Waals surface area contributed by atoms with Gasteiger partial charge in [0.25, 0.3) is 0 Å². The van der Waals surface area contributed by atoms with Crippen molar-refractivity contribution in [1.82, 2.24) is 0 Å². The van der Waals surface area contributed by atoms with E-state index in [9.17, 15) is 9.59 Å². The number of hydrogen-bond acceptors (Lipinski definition) is 4. The van der Waals surface area contributed by atoms with Crippen LogP contribution in [0.5, 0.6) is 0 Å². The van der Waals surface area contributed by atoms with E-state index in [-0.39, 0.29) is 36.6 Å². The Morgan fingerprint density at radius 3 is 1.35 bits per heavy atom. The molecule has 0 aromatic heterocycles. The van der Waals surface area contributed by atoms with E-state index in [0.29, 0.717) is 13.2 Å². The molecule has 2 aromatic rings. The van der Waals surface area contributed by atoms with E-state index in [1.165, 1.54) is 0 Å². The fraction of sp³-hybridized carbons (Fsp3) is 0.364. The van der Waals surface area contributed by atoms with E-state index in [2.05, 4.69) is 0 Å². The van der Waals surface area contributed by atoms with E-state index >= 15 is 0 Å². The highest BCUT2D eigenvalue weighted by molar-refractivity contribution is 5.73. The Morgan fingerprint density at radius 2 is 1.04 bits per heavy atom. The molecule has 0 amide bonds. The molecule has 138 valence electrons. The van der Waals surface area contributed by atoms with Gasteiger partial charge in [0.15, 0.2) is 0 Å². The first-order valence-electron chi connectivity index (χ1n) is 9.06. The van der Waals surface area contributed by atoms with Crippen LogP contribution in [0.1, 0.15) is 49.7 Å². The second-order valence-electron chi connectivity index (χ2n) is 6.05. The summed E-state index contributed by atoms with van der Waals surface area (Å²) in [6.45, 7) is 4.27. The van der Waals surface area contributed by atoms with E-state index in [0.717, 1.165) is 11.1 Å². The second-order valence-corrected chi connectivity index (χ2v) is 6.05. The quantitative estimate of drug-likeness (QED) is 0.624. The van der Waals surface area contributed by atoms with Crippen molar-refractivity contribution in [2.45, 2.75) is 38.5 Å². The van der Waals surface area contributed by atoms with Crippen LogP contribution in [0.3, 0.4) is 0 Å². The maximum absolute atomic E-state index is 12.2. The van der Waals surface area contributed by atoms with Gasteiger partial charge in [-0.1, -0.05) is 60.7 Å². The molecule has 0 spiro atoms. The lowest BCUT2D eigenvalue weighted by Crippen LogP contribution is -2.21. The predicted octanol–water partition coefficient (Wildman–Crippen LogP) is 4.46. The number of carbonyl (C=O) groups is 2. The minimum absolute atomic E-state index is 0.165. The Bertz CT molecular complexity index is 620. The molecule has 26 heavy (non-hydrogen) atoms. The summed E-state index contributed by atoms with van der Waals surface area (Å²) in [5.74, 6) is -0.846. The van der Waals surface area contributed by atoms with Crippen molar-refractivity contribution in [3.8, 4) is 0 Å². The highest BCUT2D eigenvalue weighted by Crippen LogP contribution is 2.38. The van der Waals surface area contributed by atoms with Crippen LogP contribution in [0.2, 0.25) is 0 Å². The highest BCUT2D eigenvalue weighted by atomic mass is 16.5. The first-order valence-corrected chi connectivity index (χ1v) is 9.06. The Morgan fingerprint density at radius 1 is 0.692 bits per heavy atom. The van der Waals surface area contributed by atoms with Gasteiger partial charge in [-0.05, 0) is 25.0 Å². The van der Waals surface area contributed by atoms with Crippen LogP contribution >= 0.6 is 0 Å². The topological polar surface area (TPSA) is 52.6 Å². The van der Waals surface area contributed by atoms with Gasteiger partial charge in [0.1, 0.15) is 0 Å². The molecule has 0 saturated carbocycles. The molecule has 2 aromatic carbocycles. The van der Waals surface area contributed by atoms with E-state index in [4.69, 9.17) is 9.47 Å². The van der Waals surface area contributed by atoms with Gasteiger partial charge < -0.3 is 9.47 Å². The number of benzene rings is 2. The Hall–Kier alpha value is -2.62. The van der Waals surface area contributed by atoms with Crippen LogP contribution in [0, 0.1) is 0 Å². The number of carbonyl (C=O) groups excluding carboxylic acids is 2. The zero-order valence-electron chi connectivity index (χ0n) is 15.4. The average Bonchev–Trinajstić information content (AvgIpc) is 2.66. The van der Waals surface area contributed by atoms with Gasteiger partial charge in [-0.3, -0.25) is 9.59 Å². The van der Waals surface area contributed by atoms with E-state index < -0.39 is 0 Å². The van der Waals surface area contributed by atoms with Gasteiger partial charge >= 0.3 is 11.9 Å². The second kappa shape index (κ2) is 10.4. The molecule has 0 N–H and O–H groups in total. The number of esters is 2. The lowest BCUT2D eigenvalue weighted by Gasteiger charge is -2.27. The van der Waals surface area contributed by atoms with Gasteiger partial charge in [-0.15, -0.1) is 0 Å². The molecule has 0 aliphatic heterocycles. The van der Waals surface area contributed by atoms with Gasteiger partial charge in [0.2, 0.25) is 0 Å². The average molecular weight is 354 g/mol. The van der Waals surface area contributed by atoms with Crippen molar-refractivity contribution in [3.63, 3.8) is 0 Å². The Labute approximate surface area is 155 Å². The molecule has 0 aliphatic carbocycles. The molecular formula is C22H26O4. The molecule has 0 heterocycles. The lowest BCUT2D eigenvalue weighted by molar-refractivity contribution is -0.146. The zero-order chi connectivity index (χ0) is 18.8. The molecule has 0 saturated heterocycles. The lowest BCUT2D eigenvalue weighted by atomic mass is 9.77. The molecule has 0 aliphatic rings. The predicted molar refractivity (Wildman–Crippen MR) is 101 cm³/mol. The minimum atomic E-state index is -0.258. The monoisotopic (exact) mass is 354 g/mol. The van der Waals surface area contributed by atoms with Gasteiger partial charge in [-0.2, -0.15) is 0 Å². The summed E-state index contributed by atoms with van der Waals surface area (Å²) >= 11 is 0. The summed E-state index contributed by atoms with van der Waals surface area (Å²) in [4.78, 5) is 24.5. The number of rotatable bonds is 9. The van der Waals surface area contributed by atoms with E-state index in [1.807, 2.05) is 60.7 Å². The van der Waals surface area contributed by atoms with Crippen molar-refractivity contribution in [2.24, 2.45) is 0 Å². The maximum atomic E-state index is 12.2. The molecule has 2 rings (SSSR count). The highest BCUT2D eigenvalue weighted by Gasteiger charge is 2.30. The molecule has 0 bridgehead atoms. The first-order chi connectivity index (χ1) is 12.7. The fourth-order valence-corrected chi connectivity index (χ4v) is 3.18. The number of ether oxygens (including phenoxy) is 2. The van der Waals surface area contributed by atoms with Crippen molar-refractivity contribution < 1.29 is 19.1 Å². The third kappa shape index (κ3) is 5.73. The maximum Gasteiger partial charge on any atom is 0.306 e. The molecule has 0 unspecified atom stereocenters. The summed E-state index contributed by atoms with van der Waals surface area (Å²) < 4.78 is 10.4. The number of hydrogen-bond donors (Lipinski definition) is 0. The largest absolute Gasteiger partial charge is 0.466 e. The van der Waals surface area contributed by atoms with Gasteiger partial charge in [-0.25, -0.2) is 0 Å². The molecule has 4 heteroatoms. The molecule has 0 radical (unpaired) electrons. The van der Waals surface area contributed by atoms with Gasteiger partial charge in [0.05, 0.1) is 26.1 Å². The smallest absolute Gasteiger partial charge is 0.306 e. The van der Waals surface area contributed by atoms with Crippen molar-refractivity contribution >= 4 is 11.9 Å². The molecule has 0 fully saturated rings. The summed E-state index contributed by atoms with van der Waals surface area (Å²) in [7, 11) is 0. The summed E-state index contributed by atoms with van der Waals surface area (Å²) in [5, 5.41) is 0. The van der Waals surface area contributed by atoms with Crippen molar-refractivity contribution in [3.05, 3.63) is 71.8 Å². The Kier molecular flexibility index (Phi) is 7.87. The van der Waals surface area contributed by atoms with Crippen LogP contribution in [-0.2, 0) is 19.1 Å². The molecule has 2 atom stereocenters.